The van der Waals surface area contributed by atoms with Gasteiger partial charge in [-0.2, -0.15) is 11.3 Å². The Bertz CT molecular complexity index is 682. The van der Waals surface area contributed by atoms with Gasteiger partial charge in [0.05, 0.1) is 6.10 Å². The second-order valence-electron chi connectivity index (χ2n) is 6.10. The number of hydrogen-bond donors (Lipinski definition) is 3. The molecule has 0 saturated carbocycles. The molecule has 5 nitrogen and oxygen atoms in total. The summed E-state index contributed by atoms with van der Waals surface area (Å²) in [6, 6.07) is 7.53. The quantitative estimate of drug-likeness (QED) is 0.777. The van der Waals surface area contributed by atoms with Gasteiger partial charge >= 0.3 is 6.03 Å². The summed E-state index contributed by atoms with van der Waals surface area (Å²) in [6.07, 6.45) is 1.81. The van der Waals surface area contributed by atoms with Crippen molar-refractivity contribution in [2.45, 2.75) is 25.9 Å². The Morgan fingerprint density at radius 3 is 2.79 bits per heavy atom. The van der Waals surface area contributed by atoms with Crippen LogP contribution in [-0.2, 0) is 0 Å². The predicted molar refractivity (Wildman–Crippen MR) is 98.9 cm³/mol. The monoisotopic (exact) mass is 345 g/mol. The number of hydrogen-bond acceptors (Lipinski definition) is 4. The number of aliphatic hydroxyl groups excluding tert-OH is 1. The van der Waals surface area contributed by atoms with E-state index in [9.17, 15) is 9.90 Å². The first-order chi connectivity index (χ1) is 11.6. The fraction of sp³-hybridized carbons (Fsp3) is 0.389. The molecular formula is C18H23N3O2S. The van der Waals surface area contributed by atoms with Gasteiger partial charge in [0.1, 0.15) is 0 Å². The van der Waals surface area contributed by atoms with Gasteiger partial charge in [0.2, 0.25) is 0 Å². The van der Waals surface area contributed by atoms with Gasteiger partial charge in [-0.05, 0) is 65.9 Å². The van der Waals surface area contributed by atoms with Crippen LogP contribution < -0.4 is 15.5 Å². The topological polar surface area (TPSA) is 64.6 Å². The second-order valence-corrected chi connectivity index (χ2v) is 6.88. The molecule has 1 aromatic heterocycles. The van der Waals surface area contributed by atoms with Crippen LogP contribution in [0, 0.1) is 6.92 Å². The molecule has 1 aliphatic heterocycles. The number of aryl methyl sites for hydroxylation is 1. The van der Waals surface area contributed by atoms with E-state index in [-0.39, 0.29) is 12.6 Å². The molecule has 2 aromatic rings. The van der Waals surface area contributed by atoms with Crippen molar-refractivity contribution in [2.24, 2.45) is 0 Å². The van der Waals surface area contributed by atoms with Gasteiger partial charge in [-0.1, -0.05) is 0 Å². The number of carbonyl (C=O) groups excluding carboxylic acids is 1. The van der Waals surface area contributed by atoms with Gasteiger partial charge in [-0.3, -0.25) is 0 Å². The van der Waals surface area contributed by atoms with Crippen molar-refractivity contribution in [3.63, 3.8) is 0 Å². The Balaban J connectivity index is 1.53. The highest BCUT2D eigenvalue weighted by atomic mass is 32.1. The summed E-state index contributed by atoms with van der Waals surface area (Å²) in [5.74, 6) is 0. The maximum absolute atomic E-state index is 12.0. The van der Waals surface area contributed by atoms with E-state index in [1.807, 2.05) is 29.0 Å². The fourth-order valence-electron chi connectivity index (χ4n) is 2.99. The molecule has 0 unspecified atom stereocenters. The van der Waals surface area contributed by atoms with Crippen molar-refractivity contribution in [2.75, 3.05) is 29.9 Å². The summed E-state index contributed by atoms with van der Waals surface area (Å²) in [5.41, 5.74) is 3.99. The van der Waals surface area contributed by atoms with E-state index in [0.717, 1.165) is 29.9 Å². The maximum atomic E-state index is 12.0. The Morgan fingerprint density at radius 1 is 1.33 bits per heavy atom. The first-order valence-corrected chi connectivity index (χ1v) is 9.18. The van der Waals surface area contributed by atoms with Crippen LogP contribution in [0.5, 0.6) is 0 Å². The molecule has 0 bridgehead atoms. The van der Waals surface area contributed by atoms with Crippen LogP contribution in [0.15, 0.2) is 35.0 Å². The summed E-state index contributed by atoms with van der Waals surface area (Å²) < 4.78 is 0. The van der Waals surface area contributed by atoms with Crippen molar-refractivity contribution < 1.29 is 9.90 Å². The molecule has 2 heterocycles. The Labute approximate surface area is 146 Å². The normalized spacial score (nSPS) is 15.3. The number of benzene rings is 1. The molecule has 1 saturated heterocycles. The van der Waals surface area contributed by atoms with Crippen molar-refractivity contribution in [1.82, 2.24) is 5.32 Å². The van der Waals surface area contributed by atoms with Crippen molar-refractivity contribution >= 4 is 28.7 Å². The molecule has 128 valence electrons. The van der Waals surface area contributed by atoms with Crippen LogP contribution in [0.25, 0.3) is 0 Å². The van der Waals surface area contributed by atoms with E-state index in [1.54, 1.807) is 0 Å². The van der Waals surface area contributed by atoms with Gasteiger partial charge in [0, 0.05) is 31.0 Å². The van der Waals surface area contributed by atoms with Gasteiger partial charge in [-0.15, -0.1) is 0 Å². The van der Waals surface area contributed by atoms with Crippen LogP contribution in [0.2, 0.25) is 0 Å². The van der Waals surface area contributed by atoms with Gasteiger partial charge < -0.3 is 20.6 Å². The molecule has 1 atom stereocenters. The third kappa shape index (κ3) is 4.07. The third-order valence-electron chi connectivity index (χ3n) is 4.29. The number of aliphatic hydroxyl groups is 1. The number of carbonyl (C=O) groups is 1. The summed E-state index contributed by atoms with van der Waals surface area (Å²) in [6.45, 7) is 4.47. The highest BCUT2D eigenvalue weighted by molar-refractivity contribution is 7.07. The van der Waals surface area contributed by atoms with E-state index in [0.29, 0.717) is 0 Å². The molecular weight excluding hydrogens is 322 g/mol. The lowest BCUT2D eigenvalue weighted by Crippen LogP contribution is -2.32. The van der Waals surface area contributed by atoms with E-state index < -0.39 is 6.10 Å². The molecule has 2 amide bonds. The number of urea groups is 1. The van der Waals surface area contributed by atoms with E-state index in [4.69, 9.17) is 0 Å². The molecule has 0 aliphatic carbocycles. The lowest BCUT2D eigenvalue weighted by atomic mass is 10.1. The van der Waals surface area contributed by atoms with Crippen LogP contribution >= 0.6 is 11.3 Å². The number of rotatable bonds is 5. The van der Waals surface area contributed by atoms with Crippen LogP contribution in [0.3, 0.4) is 0 Å². The molecule has 1 aromatic carbocycles. The smallest absolute Gasteiger partial charge is 0.319 e. The Morgan fingerprint density at radius 2 is 2.12 bits per heavy atom. The minimum Gasteiger partial charge on any atom is -0.387 e. The molecule has 3 rings (SSSR count). The zero-order chi connectivity index (χ0) is 16.9. The first-order valence-electron chi connectivity index (χ1n) is 8.24. The second kappa shape index (κ2) is 7.68. The molecule has 6 heteroatoms. The summed E-state index contributed by atoms with van der Waals surface area (Å²) in [4.78, 5) is 14.4. The highest BCUT2D eigenvalue weighted by Gasteiger charge is 2.15. The maximum Gasteiger partial charge on any atom is 0.319 e. The van der Waals surface area contributed by atoms with E-state index >= 15 is 0 Å². The van der Waals surface area contributed by atoms with Crippen LogP contribution in [0.1, 0.15) is 30.1 Å². The van der Waals surface area contributed by atoms with Crippen LogP contribution in [0.4, 0.5) is 16.2 Å². The third-order valence-corrected chi connectivity index (χ3v) is 4.99. The summed E-state index contributed by atoms with van der Waals surface area (Å²) >= 11 is 1.53. The van der Waals surface area contributed by atoms with Crippen LogP contribution in [-0.4, -0.2) is 30.8 Å². The average molecular weight is 345 g/mol. The van der Waals surface area contributed by atoms with Crippen molar-refractivity contribution in [3.8, 4) is 0 Å². The lowest BCUT2D eigenvalue weighted by molar-refractivity contribution is 0.175. The SMILES string of the molecule is Cc1cc(NC(=O)NC[C@@H](O)c2ccsc2)ccc1N1CCCC1. The molecule has 3 N–H and O–H groups in total. The number of thiophene rings is 1. The highest BCUT2D eigenvalue weighted by Crippen LogP contribution is 2.26. The standard InChI is InChI=1S/C18H23N3O2S/c1-13-10-15(4-5-16(13)21-7-2-3-8-21)20-18(23)19-11-17(22)14-6-9-24-12-14/h4-6,9-10,12,17,22H,2-3,7-8,11H2,1H3,(H2,19,20,23)/t17-/m1/s1. The molecule has 0 radical (unpaired) electrons. The van der Waals surface area contributed by atoms with Gasteiger partial charge in [0.25, 0.3) is 0 Å². The summed E-state index contributed by atoms with van der Waals surface area (Å²) in [7, 11) is 0. The average Bonchev–Trinajstić information content (AvgIpc) is 3.26. The largest absolute Gasteiger partial charge is 0.387 e. The van der Waals surface area contributed by atoms with Gasteiger partial charge in [0.15, 0.2) is 0 Å². The summed E-state index contributed by atoms with van der Waals surface area (Å²) in [5, 5.41) is 19.3. The molecule has 1 aliphatic rings. The van der Waals surface area contributed by atoms with Gasteiger partial charge in [-0.25, -0.2) is 4.79 Å². The Kier molecular flexibility index (Phi) is 5.37. The lowest BCUT2D eigenvalue weighted by Gasteiger charge is -2.21. The molecule has 0 spiro atoms. The minimum absolute atomic E-state index is 0.188. The number of nitrogens with zero attached hydrogens (tertiary/aromatic N) is 1. The molecule has 24 heavy (non-hydrogen) atoms. The molecule has 1 fully saturated rings. The number of nitrogens with one attached hydrogen (secondary N) is 2. The first kappa shape index (κ1) is 16.8. The predicted octanol–water partition coefficient (Wildman–Crippen LogP) is 3.51. The zero-order valence-electron chi connectivity index (χ0n) is 13.8. The van der Waals surface area contributed by atoms with E-state index in [1.165, 1.54) is 29.9 Å². The zero-order valence-corrected chi connectivity index (χ0v) is 14.6. The van der Waals surface area contributed by atoms with Crippen molar-refractivity contribution in [3.05, 3.63) is 46.2 Å². The Hall–Kier alpha value is -2.05. The fourth-order valence-corrected chi connectivity index (χ4v) is 3.70. The van der Waals surface area contributed by atoms with Crippen molar-refractivity contribution in [1.29, 1.82) is 0 Å². The number of anilines is 2. The number of amides is 2. The minimum atomic E-state index is -0.679. The van der Waals surface area contributed by atoms with E-state index in [2.05, 4.69) is 28.5 Å².